The molecule has 192 valence electrons. The number of aliphatic hydroxyl groups excluding tert-OH is 1. The van der Waals surface area contributed by atoms with Crippen LogP contribution in [0.3, 0.4) is 0 Å². The topological polar surface area (TPSA) is 110 Å². The van der Waals surface area contributed by atoms with Crippen molar-refractivity contribution in [2.75, 3.05) is 25.5 Å². The molecule has 0 atom stereocenters. The number of aryl methyl sites for hydroxylation is 2. The summed E-state index contributed by atoms with van der Waals surface area (Å²) in [6, 6.07) is 15.0. The normalized spacial score (nSPS) is 11.3. The fourth-order valence-corrected chi connectivity index (χ4v) is 3.91. The van der Waals surface area contributed by atoms with Crippen LogP contribution < -0.4 is 14.8 Å². The van der Waals surface area contributed by atoms with Crippen LogP contribution in [0.2, 0.25) is 0 Å². The third-order valence-electron chi connectivity index (χ3n) is 5.84. The van der Waals surface area contributed by atoms with Gasteiger partial charge in [0.05, 0.1) is 23.7 Å². The molecule has 0 spiro atoms. The van der Waals surface area contributed by atoms with E-state index in [0.29, 0.717) is 28.2 Å². The van der Waals surface area contributed by atoms with Crippen LogP contribution >= 0.6 is 0 Å². The molecule has 9 nitrogen and oxygen atoms in total. The maximum absolute atomic E-state index is 12.9. The number of ether oxygens (including phenoxy) is 2. The number of carbonyl (C=O) groups excluding carboxylic acids is 1. The number of carbonyl (C=O) groups is 1. The second-order valence-electron chi connectivity index (χ2n) is 9.28. The summed E-state index contributed by atoms with van der Waals surface area (Å²) < 4.78 is 12.2. The Hall–Kier alpha value is -4.24. The number of hydrogen-bond acceptors (Lipinski definition) is 8. The summed E-state index contributed by atoms with van der Waals surface area (Å²) in [5.41, 5.74) is 2.16. The molecule has 0 saturated heterocycles. The van der Waals surface area contributed by atoms with Crippen LogP contribution in [0.15, 0.2) is 61.1 Å². The lowest BCUT2D eigenvalue weighted by Gasteiger charge is -2.30. The molecule has 2 N–H and O–H groups in total. The molecule has 2 aromatic heterocycles. The molecule has 0 fully saturated rings. The number of nitrogens with one attached hydrogen (secondary N) is 1. The number of likely N-dealkylation sites (N-methyl/N-ethyl adjacent to an activating group) is 1. The summed E-state index contributed by atoms with van der Waals surface area (Å²) >= 11 is 0. The third-order valence-corrected chi connectivity index (χ3v) is 5.84. The Morgan fingerprint density at radius 3 is 2.57 bits per heavy atom. The second kappa shape index (κ2) is 10.8. The van der Waals surface area contributed by atoms with Gasteiger partial charge in [0.25, 0.3) is 5.91 Å². The molecule has 0 unspecified atom stereocenters. The molecule has 0 bridgehead atoms. The highest BCUT2D eigenvalue weighted by Gasteiger charge is 2.33. The summed E-state index contributed by atoms with van der Waals surface area (Å²) in [5.74, 6) is 2.16. The number of fused-ring (bicyclic) bond motifs is 1. The molecule has 2 heterocycles. The highest BCUT2D eigenvalue weighted by molar-refractivity contribution is 5.96. The number of nitrogens with zero attached hydrogens (tertiary/aromatic N) is 4. The predicted molar refractivity (Wildman–Crippen MR) is 142 cm³/mol. The Bertz CT molecular complexity index is 1400. The zero-order valence-corrected chi connectivity index (χ0v) is 21.6. The number of amides is 1. The Kier molecular flexibility index (Phi) is 7.54. The average molecular weight is 502 g/mol. The molecule has 4 aromatic rings. The number of rotatable bonds is 9. The largest absolute Gasteiger partial charge is 0.477 e. The zero-order chi connectivity index (χ0) is 26.6. The maximum atomic E-state index is 12.9. The van der Waals surface area contributed by atoms with Crippen molar-refractivity contribution < 1.29 is 19.4 Å². The Morgan fingerprint density at radius 1 is 1.05 bits per heavy atom. The van der Waals surface area contributed by atoms with Crippen molar-refractivity contribution in [1.82, 2.24) is 19.9 Å². The van der Waals surface area contributed by atoms with Crippen molar-refractivity contribution in [2.45, 2.75) is 33.3 Å². The smallest absolute Gasteiger partial charge is 0.265 e. The fraction of sp³-hybridized carbons (Fsp3) is 0.286. The highest BCUT2D eigenvalue weighted by Crippen LogP contribution is 2.35. The predicted octanol–water partition coefficient (Wildman–Crippen LogP) is 4.79. The number of hydrogen-bond donors (Lipinski definition) is 2. The van der Waals surface area contributed by atoms with E-state index in [9.17, 15) is 9.90 Å². The summed E-state index contributed by atoms with van der Waals surface area (Å²) in [6.07, 6.45) is 3.18. The molecule has 0 aliphatic rings. The van der Waals surface area contributed by atoms with Crippen LogP contribution in [0.1, 0.15) is 25.1 Å². The third kappa shape index (κ3) is 5.95. The summed E-state index contributed by atoms with van der Waals surface area (Å²) in [4.78, 5) is 27.5. The number of pyridine rings is 1. The van der Waals surface area contributed by atoms with Gasteiger partial charge in [-0.2, -0.15) is 0 Å². The number of aliphatic hydroxyl groups is 1. The Balaban J connectivity index is 1.61. The minimum atomic E-state index is -1.17. The van der Waals surface area contributed by atoms with E-state index in [4.69, 9.17) is 9.47 Å². The van der Waals surface area contributed by atoms with Gasteiger partial charge < -0.3 is 24.8 Å². The van der Waals surface area contributed by atoms with Gasteiger partial charge in [-0.3, -0.25) is 9.78 Å². The van der Waals surface area contributed by atoms with E-state index >= 15 is 0 Å². The molecule has 0 aliphatic carbocycles. The van der Waals surface area contributed by atoms with Gasteiger partial charge in [0.1, 0.15) is 29.4 Å². The van der Waals surface area contributed by atoms with Crippen molar-refractivity contribution in [3.63, 3.8) is 0 Å². The molecule has 9 heteroatoms. The van der Waals surface area contributed by atoms with Crippen LogP contribution in [0.25, 0.3) is 10.9 Å². The molecule has 1 amide bonds. The number of anilines is 2. The van der Waals surface area contributed by atoms with Gasteiger partial charge in [0, 0.05) is 25.0 Å². The van der Waals surface area contributed by atoms with E-state index in [-0.39, 0.29) is 19.1 Å². The summed E-state index contributed by atoms with van der Waals surface area (Å²) in [5, 5.41) is 13.2. The van der Waals surface area contributed by atoms with Crippen LogP contribution in [0.5, 0.6) is 17.2 Å². The lowest BCUT2D eigenvalue weighted by Crippen LogP contribution is -2.48. The molecule has 0 saturated carbocycles. The van der Waals surface area contributed by atoms with Crippen LogP contribution in [-0.2, 0) is 4.79 Å². The standard InChI is InChI=1S/C28H31N5O4/c1-18-15-20(10-12-23(18)36-21-11-9-19(2)29-16-21)32-26-25-22(30-17-31-26)7-6-8-24(25)37-28(3,4)27(35)33(5)13-14-34/h6-12,15-17,34H,13-14H2,1-5H3,(H,30,31,32). The second-order valence-corrected chi connectivity index (χ2v) is 9.28. The number of aromatic nitrogens is 3. The van der Waals surface area contributed by atoms with Gasteiger partial charge in [-0.05, 0) is 75.7 Å². The van der Waals surface area contributed by atoms with E-state index in [0.717, 1.165) is 22.7 Å². The van der Waals surface area contributed by atoms with Crippen LogP contribution in [0.4, 0.5) is 11.5 Å². The van der Waals surface area contributed by atoms with Gasteiger partial charge in [0.2, 0.25) is 0 Å². The van der Waals surface area contributed by atoms with Gasteiger partial charge >= 0.3 is 0 Å². The SMILES string of the molecule is Cc1ccc(Oc2ccc(Nc3ncnc4cccc(OC(C)(C)C(=O)N(C)CCO)c34)cc2C)cn1. The van der Waals surface area contributed by atoms with Crippen molar-refractivity contribution >= 4 is 28.3 Å². The Labute approximate surface area is 216 Å². The van der Waals surface area contributed by atoms with E-state index in [1.54, 1.807) is 33.2 Å². The first-order valence-electron chi connectivity index (χ1n) is 12.0. The van der Waals surface area contributed by atoms with Crippen molar-refractivity contribution in [2.24, 2.45) is 0 Å². The van der Waals surface area contributed by atoms with E-state index in [2.05, 4.69) is 20.3 Å². The molecule has 0 radical (unpaired) electrons. The first-order chi connectivity index (χ1) is 17.7. The van der Waals surface area contributed by atoms with Crippen molar-refractivity contribution in [3.8, 4) is 17.2 Å². The van der Waals surface area contributed by atoms with E-state index in [1.807, 2.05) is 56.3 Å². The van der Waals surface area contributed by atoms with Crippen molar-refractivity contribution in [3.05, 3.63) is 72.3 Å². The Morgan fingerprint density at radius 2 is 1.86 bits per heavy atom. The maximum Gasteiger partial charge on any atom is 0.265 e. The zero-order valence-electron chi connectivity index (χ0n) is 21.6. The van der Waals surface area contributed by atoms with Gasteiger partial charge in [-0.25, -0.2) is 9.97 Å². The number of benzene rings is 2. The minimum Gasteiger partial charge on any atom is -0.477 e. The molecular formula is C28H31N5O4. The molecule has 0 aliphatic heterocycles. The quantitative estimate of drug-likeness (QED) is 0.337. The van der Waals surface area contributed by atoms with Gasteiger partial charge in [0.15, 0.2) is 5.60 Å². The first-order valence-corrected chi connectivity index (χ1v) is 12.0. The van der Waals surface area contributed by atoms with E-state index in [1.165, 1.54) is 11.2 Å². The summed E-state index contributed by atoms with van der Waals surface area (Å²) in [7, 11) is 1.63. The van der Waals surface area contributed by atoms with Gasteiger partial charge in [-0.1, -0.05) is 6.07 Å². The van der Waals surface area contributed by atoms with E-state index < -0.39 is 5.60 Å². The van der Waals surface area contributed by atoms with Crippen LogP contribution in [0, 0.1) is 13.8 Å². The van der Waals surface area contributed by atoms with Gasteiger partial charge in [-0.15, -0.1) is 0 Å². The molecular weight excluding hydrogens is 470 g/mol. The average Bonchev–Trinajstić information content (AvgIpc) is 2.86. The lowest BCUT2D eigenvalue weighted by atomic mass is 10.1. The monoisotopic (exact) mass is 501 g/mol. The molecule has 2 aromatic carbocycles. The fourth-order valence-electron chi connectivity index (χ4n) is 3.91. The highest BCUT2D eigenvalue weighted by atomic mass is 16.5. The van der Waals surface area contributed by atoms with Crippen molar-refractivity contribution in [1.29, 1.82) is 0 Å². The molecule has 37 heavy (non-hydrogen) atoms. The lowest BCUT2D eigenvalue weighted by molar-refractivity contribution is -0.144. The molecule has 4 rings (SSSR count). The first kappa shape index (κ1) is 25.8. The van der Waals surface area contributed by atoms with Crippen LogP contribution in [-0.4, -0.2) is 56.7 Å². The minimum absolute atomic E-state index is 0.125. The summed E-state index contributed by atoms with van der Waals surface area (Å²) in [6.45, 7) is 7.38.